The minimum absolute atomic E-state index is 0.265. The molecule has 23 heavy (non-hydrogen) atoms. The largest absolute Gasteiger partial charge is 0.297 e. The van der Waals surface area contributed by atoms with Gasteiger partial charge in [-0.25, -0.2) is 0 Å². The molecule has 1 saturated heterocycles. The molecule has 1 fully saturated rings. The van der Waals surface area contributed by atoms with Crippen molar-refractivity contribution in [3.8, 4) is 0 Å². The number of hydrogen-bond donors (Lipinski definition) is 0. The second-order valence-electron chi connectivity index (χ2n) is 5.95. The Morgan fingerprint density at radius 1 is 1.09 bits per heavy atom. The molecule has 1 heterocycles. The first-order valence-electron chi connectivity index (χ1n) is 7.80. The van der Waals surface area contributed by atoms with Gasteiger partial charge in [-0.1, -0.05) is 48.5 Å². The van der Waals surface area contributed by atoms with E-state index in [1.165, 1.54) is 5.56 Å². The molecule has 0 radical (unpaired) electrons. The summed E-state index contributed by atoms with van der Waals surface area (Å²) in [5.74, 6) is 0. The van der Waals surface area contributed by atoms with E-state index in [2.05, 4.69) is 17.0 Å². The quantitative estimate of drug-likeness (QED) is 0.790. The van der Waals surface area contributed by atoms with Gasteiger partial charge in [0.05, 0.1) is 11.0 Å². The molecule has 4 nitrogen and oxygen atoms in total. The van der Waals surface area contributed by atoms with Crippen molar-refractivity contribution in [2.24, 2.45) is 0 Å². The molecule has 0 N–H and O–H groups in total. The van der Waals surface area contributed by atoms with E-state index in [0.717, 1.165) is 19.5 Å². The maximum atomic E-state index is 12.4. The lowest BCUT2D eigenvalue weighted by molar-refractivity contribution is 0.205. The van der Waals surface area contributed by atoms with Crippen LogP contribution in [-0.4, -0.2) is 32.5 Å². The van der Waals surface area contributed by atoms with Crippen molar-refractivity contribution < 1.29 is 12.6 Å². The van der Waals surface area contributed by atoms with Crippen molar-refractivity contribution in [2.75, 3.05) is 13.1 Å². The minimum Gasteiger partial charge on any atom is -0.296 e. The Labute approximate surface area is 137 Å². The zero-order valence-corrected chi connectivity index (χ0v) is 14.0. The normalized spacial score (nSPS) is 19.1. The molecule has 2 aromatic rings. The zero-order valence-electron chi connectivity index (χ0n) is 13.2. The molecule has 2 aromatic carbocycles. The molecule has 0 aromatic heterocycles. The third-order valence-electron chi connectivity index (χ3n) is 4.10. The maximum Gasteiger partial charge on any atom is 0.297 e. The standard InChI is InChI=1S/C18H21NO3S/c1-15-7-5-6-10-18(15)23(20,21)22-17-11-12-19(14-17)13-16-8-3-2-4-9-16/h2-10,17H,11-14H2,1H3/t17-/m0/s1. The lowest BCUT2D eigenvalue weighted by Gasteiger charge is -2.16. The molecule has 1 aliphatic rings. The number of nitrogens with zero attached hydrogens (tertiary/aromatic N) is 1. The molecule has 5 heteroatoms. The average Bonchev–Trinajstić information content (AvgIpc) is 2.95. The van der Waals surface area contributed by atoms with Gasteiger partial charge >= 0.3 is 0 Å². The molecule has 0 amide bonds. The van der Waals surface area contributed by atoms with E-state index in [1.54, 1.807) is 25.1 Å². The number of likely N-dealkylation sites (tertiary alicyclic amines) is 1. The van der Waals surface area contributed by atoms with Gasteiger partial charge < -0.3 is 0 Å². The van der Waals surface area contributed by atoms with E-state index >= 15 is 0 Å². The van der Waals surface area contributed by atoms with Crippen LogP contribution in [0.2, 0.25) is 0 Å². The Balaban J connectivity index is 1.63. The molecular formula is C18H21NO3S. The Hall–Kier alpha value is -1.69. The lowest BCUT2D eigenvalue weighted by Crippen LogP contribution is -2.25. The molecule has 0 aliphatic carbocycles. The molecule has 1 aliphatic heterocycles. The van der Waals surface area contributed by atoms with Gasteiger partial charge in [-0.2, -0.15) is 8.42 Å². The van der Waals surface area contributed by atoms with E-state index in [9.17, 15) is 8.42 Å². The van der Waals surface area contributed by atoms with Crippen LogP contribution < -0.4 is 0 Å². The van der Waals surface area contributed by atoms with Crippen LogP contribution in [0.5, 0.6) is 0 Å². The van der Waals surface area contributed by atoms with E-state index < -0.39 is 10.1 Å². The van der Waals surface area contributed by atoms with Crippen LogP contribution in [0.25, 0.3) is 0 Å². The van der Waals surface area contributed by atoms with Crippen molar-refractivity contribution >= 4 is 10.1 Å². The van der Waals surface area contributed by atoms with Crippen molar-refractivity contribution in [2.45, 2.75) is 30.9 Å². The summed E-state index contributed by atoms with van der Waals surface area (Å²) in [7, 11) is -3.70. The highest BCUT2D eigenvalue weighted by molar-refractivity contribution is 7.86. The van der Waals surface area contributed by atoms with Gasteiger partial charge in [-0.05, 0) is 30.5 Å². The fourth-order valence-corrected chi connectivity index (χ4v) is 4.26. The first-order chi connectivity index (χ1) is 11.0. The average molecular weight is 331 g/mol. The molecule has 0 saturated carbocycles. The summed E-state index contributed by atoms with van der Waals surface area (Å²) in [6, 6.07) is 17.1. The maximum absolute atomic E-state index is 12.4. The highest BCUT2D eigenvalue weighted by Crippen LogP contribution is 2.23. The van der Waals surface area contributed by atoms with Gasteiger partial charge in [0.2, 0.25) is 0 Å². The molecule has 0 bridgehead atoms. The van der Waals surface area contributed by atoms with Crippen molar-refractivity contribution in [3.63, 3.8) is 0 Å². The summed E-state index contributed by atoms with van der Waals surface area (Å²) in [6.07, 6.45) is 0.459. The number of benzene rings is 2. The first kappa shape index (κ1) is 16.2. The molecule has 3 rings (SSSR count). The number of rotatable bonds is 5. The summed E-state index contributed by atoms with van der Waals surface area (Å²) in [4.78, 5) is 2.49. The van der Waals surface area contributed by atoms with E-state index in [0.29, 0.717) is 12.1 Å². The molecular weight excluding hydrogens is 310 g/mol. The Morgan fingerprint density at radius 2 is 1.78 bits per heavy atom. The Kier molecular flexibility index (Phi) is 4.80. The minimum atomic E-state index is -3.70. The van der Waals surface area contributed by atoms with Gasteiger partial charge in [0.1, 0.15) is 0 Å². The summed E-state index contributed by atoms with van der Waals surface area (Å²) in [5.41, 5.74) is 1.95. The van der Waals surface area contributed by atoms with E-state index in [-0.39, 0.29) is 11.0 Å². The van der Waals surface area contributed by atoms with Gasteiger partial charge in [-0.3, -0.25) is 9.08 Å². The highest BCUT2D eigenvalue weighted by Gasteiger charge is 2.29. The van der Waals surface area contributed by atoms with Gasteiger partial charge in [0.25, 0.3) is 10.1 Å². The Morgan fingerprint density at radius 3 is 2.52 bits per heavy atom. The third-order valence-corrected chi connectivity index (χ3v) is 5.63. The highest BCUT2D eigenvalue weighted by atomic mass is 32.2. The van der Waals surface area contributed by atoms with Crippen LogP contribution >= 0.6 is 0 Å². The SMILES string of the molecule is Cc1ccccc1S(=O)(=O)O[C@H]1CCN(Cc2ccccc2)C1. The van der Waals surface area contributed by atoms with Crippen LogP contribution in [0, 0.1) is 6.92 Å². The first-order valence-corrected chi connectivity index (χ1v) is 9.20. The molecule has 122 valence electrons. The van der Waals surface area contributed by atoms with Gasteiger partial charge in [0, 0.05) is 19.6 Å². The van der Waals surface area contributed by atoms with Crippen molar-refractivity contribution in [1.82, 2.24) is 4.90 Å². The van der Waals surface area contributed by atoms with Crippen LogP contribution in [0.3, 0.4) is 0 Å². The van der Waals surface area contributed by atoms with Crippen LogP contribution in [0.1, 0.15) is 17.5 Å². The second-order valence-corrected chi connectivity index (χ2v) is 7.49. The lowest BCUT2D eigenvalue weighted by atomic mass is 10.2. The van der Waals surface area contributed by atoms with Crippen molar-refractivity contribution in [3.05, 3.63) is 65.7 Å². The predicted molar refractivity (Wildman–Crippen MR) is 89.6 cm³/mol. The summed E-state index contributed by atoms with van der Waals surface area (Å²) in [5, 5.41) is 0. The number of aryl methyl sites for hydroxylation is 1. The molecule has 0 spiro atoms. The Bertz CT molecular complexity index is 759. The molecule has 1 atom stereocenters. The fraction of sp³-hybridized carbons (Fsp3) is 0.333. The van der Waals surface area contributed by atoms with Gasteiger partial charge in [0.15, 0.2) is 0 Å². The smallest absolute Gasteiger partial charge is 0.296 e. The van der Waals surface area contributed by atoms with Crippen LogP contribution in [0.4, 0.5) is 0 Å². The predicted octanol–water partition coefficient (Wildman–Crippen LogP) is 2.97. The number of hydrogen-bond acceptors (Lipinski definition) is 4. The fourth-order valence-electron chi connectivity index (χ4n) is 2.93. The topological polar surface area (TPSA) is 46.6 Å². The summed E-state index contributed by atoms with van der Waals surface area (Å²) >= 11 is 0. The monoisotopic (exact) mass is 331 g/mol. The van der Waals surface area contributed by atoms with Crippen molar-refractivity contribution in [1.29, 1.82) is 0 Å². The van der Waals surface area contributed by atoms with Crippen LogP contribution in [0.15, 0.2) is 59.5 Å². The van der Waals surface area contributed by atoms with Crippen LogP contribution in [-0.2, 0) is 20.8 Å². The second kappa shape index (κ2) is 6.83. The van der Waals surface area contributed by atoms with E-state index in [4.69, 9.17) is 4.18 Å². The zero-order chi connectivity index (χ0) is 16.3. The summed E-state index contributed by atoms with van der Waals surface area (Å²) < 4.78 is 30.3. The van der Waals surface area contributed by atoms with Gasteiger partial charge in [-0.15, -0.1) is 0 Å². The molecule has 0 unspecified atom stereocenters. The summed E-state index contributed by atoms with van der Waals surface area (Å²) in [6.45, 7) is 4.10. The third kappa shape index (κ3) is 3.99. The van der Waals surface area contributed by atoms with E-state index in [1.807, 2.05) is 24.3 Å².